The minimum absolute atomic E-state index is 0.222. The van der Waals surface area contributed by atoms with Gasteiger partial charge in [0.1, 0.15) is 5.75 Å². The zero-order valence-electron chi connectivity index (χ0n) is 10.9. The van der Waals surface area contributed by atoms with Gasteiger partial charge in [0, 0.05) is 16.9 Å². The first kappa shape index (κ1) is 13.0. The topological polar surface area (TPSA) is 75.4 Å². The summed E-state index contributed by atoms with van der Waals surface area (Å²) >= 11 is 0. The Morgan fingerprint density at radius 1 is 1.16 bits per heavy atom. The van der Waals surface area contributed by atoms with Crippen molar-refractivity contribution in [2.24, 2.45) is 0 Å². The fourth-order valence-electron chi connectivity index (χ4n) is 1.81. The molecular weight excluding hydrogens is 240 g/mol. The Morgan fingerprint density at radius 3 is 2.58 bits per heavy atom. The van der Waals surface area contributed by atoms with Gasteiger partial charge in [-0.2, -0.15) is 0 Å². The molecule has 4 N–H and O–H groups in total. The number of nitrogens with two attached hydrogens (primary N) is 1. The molecule has 2 rings (SSSR count). The summed E-state index contributed by atoms with van der Waals surface area (Å²) in [6, 6.07) is 10.2. The van der Waals surface area contributed by atoms with Crippen LogP contribution in [0.3, 0.4) is 0 Å². The van der Waals surface area contributed by atoms with E-state index in [0.29, 0.717) is 22.5 Å². The van der Waals surface area contributed by atoms with Crippen LogP contribution in [-0.2, 0) is 0 Å². The third kappa shape index (κ3) is 2.85. The molecule has 0 aliphatic carbocycles. The molecule has 0 atom stereocenters. The molecule has 0 saturated heterocycles. The molecule has 98 valence electrons. The van der Waals surface area contributed by atoms with Crippen molar-refractivity contribution < 1.29 is 9.90 Å². The molecule has 0 radical (unpaired) electrons. The van der Waals surface area contributed by atoms with Crippen LogP contribution in [0.2, 0.25) is 0 Å². The lowest BCUT2D eigenvalue weighted by molar-refractivity contribution is 0.102. The third-order valence-corrected chi connectivity index (χ3v) is 2.94. The molecule has 19 heavy (non-hydrogen) atoms. The van der Waals surface area contributed by atoms with Gasteiger partial charge in [0.2, 0.25) is 0 Å². The number of carbonyl (C=O) groups excluding carboxylic acids is 1. The Kier molecular flexibility index (Phi) is 3.42. The number of nitrogens with one attached hydrogen (secondary N) is 1. The molecule has 0 spiro atoms. The number of rotatable bonds is 2. The molecular formula is C15H16N2O2. The fraction of sp³-hybridized carbons (Fsp3) is 0.133. The SMILES string of the molecule is Cc1cc(NC(=O)c2cccc(N)c2)c(C)cc1O. The van der Waals surface area contributed by atoms with Crippen LogP contribution in [0.25, 0.3) is 0 Å². The van der Waals surface area contributed by atoms with Crippen LogP contribution in [0.1, 0.15) is 21.5 Å². The van der Waals surface area contributed by atoms with Gasteiger partial charge >= 0.3 is 0 Å². The van der Waals surface area contributed by atoms with Crippen molar-refractivity contribution in [2.75, 3.05) is 11.1 Å². The van der Waals surface area contributed by atoms with Gasteiger partial charge in [-0.05, 0) is 55.3 Å². The summed E-state index contributed by atoms with van der Waals surface area (Å²) in [5.41, 5.74) is 8.91. The number of phenolic OH excluding ortho intramolecular Hbond substituents is 1. The summed E-state index contributed by atoms with van der Waals surface area (Å²) < 4.78 is 0. The molecule has 1 amide bonds. The molecule has 4 nitrogen and oxygen atoms in total. The number of hydrogen-bond acceptors (Lipinski definition) is 3. The van der Waals surface area contributed by atoms with E-state index < -0.39 is 0 Å². The predicted molar refractivity (Wildman–Crippen MR) is 76.4 cm³/mol. The van der Waals surface area contributed by atoms with Crippen molar-refractivity contribution in [3.05, 3.63) is 53.1 Å². The Labute approximate surface area is 111 Å². The lowest BCUT2D eigenvalue weighted by Crippen LogP contribution is -2.13. The lowest BCUT2D eigenvalue weighted by Gasteiger charge is -2.11. The van der Waals surface area contributed by atoms with Gasteiger partial charge in [0.05, 0.1) is 0 Å². The Bertz CT molecular complexity index is 636. The fourth-order valence-corrected chi connectivity index (χ4v) is 1.81. The zero-order chi connectivity index (χ0) is 14.0. The predicted octanol–water partition coefficient (Wildman–Crippen LogP) is 2.84. The first-order valence-corrected chi connectivity index (χ1v) is 5.94. The van der Waals surface area contributed by atoms with Crippen molar-refractivity contribution in [3.8, 4) is 5.75 Å². The van der Waals surface area contributed by atoms with Gasteiger partial charge in [-0.15, -0.1) is 0 Å². The summed E-state index contributed by atoms with van der Waals surface area (Å²) in [5, 5.41) is 12.4. The van der Waals surface area contributed by atoms with Crippen molar-refractivity contribution >= 4 is 17.3 Å². The maximum atomic E-state index is 12.1. The van der Waals surface area contributed by atoms with Gasteiger partial charge in [-0.25, -0.2) is 0 Å². The molecule has 0 bridgehead atoms. The first-order valence-electron chi connectivity index (χ1n) is 5.94. The minimum Gasteiger partial charge on any atom is -0.508 e. The second kappa shape index (κ2) is 5.02. The van der Waals surface area contributed by atoms with E-state index in [-0.39, 0.29) is 11.7 Å². The largest absolute Gasteiger partial charge is 0.508 e. The Balaban J connectivity index is 2.27. The standard InChI is InChI=1S/C15H16N2O2/c1-9-7-14(18)10(2)6-13(9)17-15(19)11-4-3-5-12(16)8-11/h3-8,18H,16H2,1-2H3,(H,17,19). The minimum atomic E-state index is -0.222. The maximum absolute atomic E-state index is 12.1. The number of nitrogen functional groups attached to an aromatic ring is 1. The monoisotopic (exact) mass is 256 g/mol. The van der Waals surface area contributed by atoms with Gasteiger partial charge < -0.3 is 16.2 Å². The molecule has 0 saturated carbocycles. The summed E-state index contributed by atoms with van der Waals surface area (Å²) in [6.45, 7) is 3.61. The molecule has 0 aromatic heterocycles. The number of aryl methyl sites for hydroxylation is 2. The van der Waals surface area contributed by atoms with Gasteiger partial charge in [-0.1, -0.05) is 6.07 Å². The van der Waals surface area contributed by atoms with Gasteiger partial charge in [0.25, 0.3) is 5.91 Å². The number of anilines is 2. The van der Waals surface area contributed by atoms with Crippen LogP contribution in [0.4, 0.5) is 11.4 Å². The Morgan fingerprint density at radius 2 is 1.89 bits per heavy atom. The second-order valence-corrected chi connectivity index (χ2v) is 4.53. The molecule has 4 heteroatoms. The van der Waals surface area contributed by atoms with E-state index in [2.05, 4.69) is 5.32 Å². The second-order valence-electron chi connectivity index (χ2n) is 4.53. The van der Waals surface area contributed by atoms with E-state index >= 15 is 0 Å². The third-order valence-electron chi connectivity index (χ3n) is 2.94. The van der Waals surface area contributed by atoms with Gasteiger partial charge in [0.15, 0.2) is 0 Å². The molecule has 2 aromatic carbocycles. The van der Waals surface area contributed by atoms with Crippen molar-refractivity contribution in [1.82, 2.24) is 0 Å². The number of hydrogen-bond donors (Lipinski definition) is 3. The van der Waals surface area contributed by atoms with Crippen molar-refractivity contribution in [2.45, 2.75) is 13.8 Å². The van der Waals surface area contributed by atoms with Crippen LogP contribution in [-0.4, -0.2) is 11.0 Å². The van der Waals surface area contributed by atoms with E-state index in [4.69, 9.17) is 5.73 Å². The summed E-state index contributed by atoms with van der Waals surface area (Å²) in [5.74, 6) is -0.0000515. The van der Waals surface area contributed by atoms with E-state index in [1.807, 2.05) is 6.92 Å². The van der Waals surface area contributed by atoms with Crippen LogP contribution in [0, 0.1) is 13.8 Å². The molecule has 0 aliphatic heterocycles. The quantitative estimate of drug-likeness (QED) is 0.571. The van der Waals surface area contributed by atoms with Crippen molar-refractivity contribution in [3.63, 3.8) is 0 Å². The van der Waals surface area contributed by atoms with Crippen molar-refractivity contribution in [1.29, 1.82) is 0 Å². The van der Waals surface area contributed by atoms with E-state index in [9.17, 15) is 9.90 Å². The average Bonchev–Trinajstić information content (AvgIpc) is 2.36. The number of benzene rings is 2. The van der Waals surface area contributed by atoms with Gasteiger partial charge in [-0.3, -0.25) is 4.79 Å². The van der Waals surface area contributed by atoms with Crippen LogP contribution in [0.5, 0.6) is 5.75 Å². The number of amides is 1. The molecule has 2 aromatic rings. The highest BCUT2D eigenvalue weighted by atomic mass is 16.3. The highest BCUT2D eigenvalue weighted by molar-refractivity contribution is 6.05. The summed E-state index contributed by atoms with van der Waals surface area (Å²) in [4.78, 5) is 12.1. The van der Waals surface area contributed by atoms with Crippen LogP contribution >= 0.6 is 0 Å². The van der Waals surface area contributed by atoms with E-state index in [0.717, 1.165) is 5.56 Å². The zero-order valence-corrected chi connectivity index (χ0v) is 10.9. The first-order chi connectivity index (χ1) is 8.97. The van der Waals surface area contributed by atoms with Crippen LogP contribution in [0.15, 0.2) is 36.4 Å². The molecule has 0 fully saturated rings. The number of carbonyl (C=O) groups is 1. The van der Waals surface area contributed by atoms with E-state index in [1.54, 1.807) is 43.3 Å². The summed E-state index contributed by atoms with van der Waals surface area (Å²) in [6.07, 6.45) is 0. The number of aromatic hydroxyl groups is 1. The van der Waals surface area contributed by atoms with E-state index in [1.165, 1.54) is 0 Å². The normalized spacial score (nSPS) is 10.2. The Hall–Kier alpha value is -2.49. The average molecular weight is 256 g/mol. The highest BCUT2D eigenvalue weighted by Gasteiger charge is 2.09. The maximum Gasteiger partial charge on any atom is 0.255 e. The lowest BCUT2D eigenvalue weighted by atomic mass is 10.1. The molecule has 0 heterocycles. The highest BCUT2D eigenvalue weighted by Crippen LogP contribution is 2.25. The smallest absolute Gasteiger partial charge is 0.255 e. The molecule has 0 aliphatic rings. The summed E-state index contributed by atoms with van der Waals surface area (Å²) in [7, 11) is 0. The molecule has 0 unspecified atom stereocenters. The van der Waals surface area contributed by atoms with Crippen LogP contribution < -0.4 is 11.1 Å². The number of phenols is 1.